The zero-order valence-electron chi connectivity index (χ0n) is 94.2. The van der Waals surface area contributed by atoms with Gasteiger partial charge in [-0.3, -0.25) is 0 Å². The van der Waals surface area contributed by atoms with E-state index in [9.17, 15) is 59.1 Å². The predicted octanol–water partition coefficient (Wildman–Crippen LogP) is 6.55. The lowest BCUT2D eigenvalue weighted by Gasteiger charge is -2.17. The van der Waals surface area contributed by atoms with Crippen molar-refractivity contribution in [2.24, 2.45) is 0 Å². The molecule has 0 aliphatic heterocycles. The summed E-state index contributed by atoms with van der Waals surface area (Å²) in [6.07, 6.45) is -54.9. The molecule has 15 rings (SSSR count). The Morgan fingerprint density at radius 2 is 0.787 bits per heavy atom. The van der Waals surface area contributed by atoms with Gasteiger partial charge in [-0.05, 0) is 111 Å². The largest absolute Gasteiger partial charge is 0.394 e. The number of hydrogen-bond acceptors (Lipinski definition) is 30. The molecule has 0 radical (unpaired) electrons. The van der Waals surface area contributed by atoms with Crippen molar-refractivity contribution in [1.29, 1.82) is 0 Å². The van der Waals surface area contributed by atoms with Crippen LogP contribution in [0.15, 0.2) is 70.1 Å². The number of aromatic nitrogens is 15. The Bertz CT molecular complexity index is 6580. The van der Waals surface area contributed by atoms with Crippen LogP contribution in [0.25, 0.3) is 33.5 Å². The minimum atomic E-state index is -4.19. The summed E-state index contributed by atoms with van der Waals surface area (Å²) in [7, 11) is 0. The molecule has 18 atom stereocenters. The van der Waals surface area contributed by atoms with E-state index in [0.717, 1.165) is 18.2 Å². The van der Waals surface area contributed by atoms with Crippen molar-refractivity contribution >= 4 is 86.2 Å². The summed E-state index contributed by atoms with van der Waals surface area (Å²) in [5.41, 5.74) is -8.81. The van der Waals surface area contributed by atoms with Gasteiger partial charge in [0.25, 0.3) is 0 Å². The molecule has 0 amide bonds. The van der Waals surface area contributed by atoms with Crippen LogP contribution in [0.1, 0.15) is 198 Å². The lowest BCUT2D eigenvalue weighted by molar-refractivity contribution is -0.0629. The van der Waals surface area contributed by atoms with E-state index < -0.39 is 287 Å². The maximum absolute atomic E-state index is 14.4. The van der Waals surface area contributed by atoms with Crippen LogP contribution < -0.4 is 16.0 Å². The summed E-state index contributed by atoms with van der Waals surface area (Å²) in [4.78, 5) is 24.9. The van der Waals surface area contributed by atoms with Gasteiger partial charge in [0.05, 0.1) is 102 Å². The van der Waals surface area contributed by atoms with Crippen LogP contribution in [0.2, 0.25) is 0 Å². The second kappa shape index (κ2) is 35.1. The van der Waals surface area contributed by atoms with Crippen LogP contribution in [0.3, 0.4) is 0 Å². The normalized spacial score (nSPS) is 46.3. The molecule has 9 aromatic rings. The topological polar surface area (TPSA) is 415 Å². The van der Waals surface area contributed by atoms with Crippen molar-refractivity contribution in [2.45, 2.75) is 223 Å². The smallest absolute Gasteiger partial charge is 0.191 e. The number of aliphatic hydroxyl groups is 9. The van der Waals surface area contributed by atoms with Gasteiger partial charge in [0, 0.05) is 96.7 Å². The molecule has 6 aliphatic carbocycles. The number of hydrogen-bond donors (Lipinski definition) is 12. The summed E-state index contributed by atoms with van der Waals surface area (Å²) in [6, 6.07) is -6.36. The molecule has 108 heavy (non-hydrogen) atoms. The Hall–Kier alpha value is -7.14. The van der Waals surface area contributed by atoms with Crippen LogP contribution in [0.4, 0.5) is 30.6 Å². The summed E-state index contributed by atoms with van der Waals surface area (Å²) in [5.74, 6) is -7.31. The van der Waals surface area contributed by atoms with Gasteiger partial charge in [0.15, 0.2) is 66.4 Å². The molecule has 30 nitrogen and oxygen atoms in total. The molecule has 6 heterocycles. The highest BCUT2D eigenvalue weighted by atomic mass is 32.2. The number of fused-ring (bicyclic) bond motifs is 3. The maximum atomic E-state index is 14.4. The molecule has 0 spiro atoms. The van der Waals surface area contributed by atoms with Gasteiger partial charge >= 0.3 is 0 Å². The highest BCUT2D eigenvalue weighted by Gasteiger charge is 2.49. The second-order valence-corrected chi connectivity index (χ2v) is 25.8. The first kappa shape index (κ1) is 44.8. The number of rotatable bonds is 30. The van der Waals surface area contributed by atoms with E-state index in [2.05, 4.69) is 81.5 Å². The zero-order chi connectivity index (χ0) is 110. The van der Waals surface area contributed by atoms with Crippen LogP contribution in [-0.2, 0) is 14.2 Å². The van der Waals surface area contributed by atoms with E-state index in [1.165, 1.54) is 77.9 Å². The third-order valence-corrected chi connectivity index (χ3v) is 18.2. The molecule has 6 aromatic heterocycles. The number of benzene rings is 3. The number of nitrogens with one attached hydrogen (secondary N) is 3. The van der Waals surface area contributed by atoms with Gasteiger partial charge < -0.3 is 76.1 Å². The second-order valence-electron chi connectivity index (χ2n) is 23.2. The SMILES string of the molecule is [2H]C([2H])(CC)Sc1nc(N[C@@]2([2H])[C@H](c3ccc(C)c(F)c3)C2([2H])[2H])c2nnn([C@]3([2H])C([2H])([2H])[C@]([2H])(OCCO)[C@@]([2H])(O)[C@@]3([2H])O)c2n1.[2H]C([2H])(CO)O[C@@]1([2H])C([2H])([2H])[C@@]([2H])(n2nnc3c(N[C@@]4([2H])[C@H](c5ccc(C)c(F)c5)C4([2H])[2H])nc(SC([2H])([2H])CC)nc32)[C@]([2H])(O)[C@]1([2H])O.[2H]C([2H])(O)CO[C@@]1([2H])C([2H])([2H])[C@@]([2H])(n2nnc3c(N[C@@]4([2H])[C@H](c5ccc(C)c(F)c5)C4([2H])[2H])nc(SC([2H])([2H])CC)nc32)[C@]([2H])(O)[C@]1([2H])O. The number of nitrogens with zero attached hydrogens (tertiary/aromatic N) is 15. The molecule has 0 unspecified atom stereocenters. The summed E-state index contributed by atoms with van der Waals surface area (Å²) in [5, 5.41) is 123. The Balaban J connectivity index is 0.000000182. The minimum Gasteiger partial charge on any atom is -0.394 e. The Morgan fingerprint density at radius 1 is 0.463 bits per heavy atom. The number of aryl methyl sites for hydroxylation is 3. The summed E-state index contributed by atoms with van der Waals surface area (Å²) < 4.78 is 371. The number of anilines is 3. The quantitative estimate of drug-likeness (QED) is 0.0168. The van der Waals surface area contributed by atoms with Crippen LogP contribution in [0.5, 0.6) is 0 Å². The Kier molecular flexibility index (Phi) is 14.5. The van der Waals surface area contributed by atoms with Gasteiger partial charge in [-0.25, -0.2) is 57.1 Å². The average Bonchev–Trinajstić information content (AvgIpc) is 1.48. The molecule has 6 aliphatic rings. The lowest BCUT2D eigenvalue weighted by atomic mass is 10.1. The highest BCUT2D eigenvalue weighted by molar-refractivity contribution is 7.99. The van der Waals surface area contributed by atoms with Crippen molar-refractivity contribution < 1.29 is 124 Å². The van der Waals surface area contributed by atoms with Crippen molar-refractivity contribution in [3.63, 3.8) is 0 Å². The fourth-order valence-electron chi connectivity index (χ4n) is 10.2. The average molecular weight is 1590 g/mol. The molecule has 6 fully saturated rings. The predicted molar refractivity (Wildman–Crippen MR) is 398 cm³/mol. The van der Waals surface area contributed by atoms with E-state index in [4.69, 9.17) is 60.2 Å². The van der Waals surface area contributed by atoms with E-state index in [1.54, 1.807) is 0 Å². The summed E-state index contributed by atoms with van der Waals surface area (Å²) in [6.45, 7) is -2.35. The van der Waals surface area contributed by atoms with Gasteiger partial charge in [-0.1, -0.05) is 108 Å². The number of halogens is 3. The first-order chi connectivity index (χ1) is 65.6. The third-order valence-electron chi connectivity index (χ3n) is 15.8. The molecule has 36 heteroatoms. The molecular weight excluding hydrogens is 1460 g/mol. The number of aliphatic hydroxyl groups excluding tert-OH is 2. The molecule has 0 saturated heterocycles. The van der Waals surface area contributed by atoms with Crippen molar-refractivity contribution in [3.8, 4) is 0 Å². The van der Waals surface area contributed by atoms with E-state index in [-0.39, 0.29) is 61.1 Å². The third kappa shape index (κ3) is 17.5. The first-order valence-corrected chi connectivity index (χ1v) is 34.9. The number of ether oxygens (including phenoxy) is 3. The molecule has 6 saturated carbocycles. The van der Waals surface area contributed by atoms with Crippen LogP contribution in [-0.4, -0.2) is 250 Å². The fourth-order valence-corrected chi connectivity index (χ4v) is 11.9. The molecule has 582 valence electrons. The van der Waals surface area contributed by atoms with E-state index in [1.807, 2.05) is 0 Å². The van der Waals surface area contributed by atoms with Gasteiger partial charge in [0.1, 0.15) is 53.9 Å². The van der Waals surface area contributed by atoms with Crippen LogP contribution >= 0.6 is 35.3 Å². The highest BCUT2D eigenvalue weighted by Crippen LogP contribution is 2.48. The standard InChI is InChI=1S/3C24H31FN6O4S/c3*1-3-8-36-24-27-22(26-16-10-14(16)13-5-4-12(2)15(25)9-13)19-23(28-24)31(30-29-19)17-11-18(35-7-6-32)21(34)20(17)33/h3*4-5,9,14,16-18,20-21,32-34H,3,6-8,10-11H2,1-2H3,(H,26,27,28)/t3*14-,16+,17+,18-,20-,21+/m000/s1/i7D2,8D2,10D2,11D2,16D,17D,18D,20D,21D;6D2,8D2,10D2,11D2,16D,17D,18D,20D,21D;8D2,10D2,11D2,16D,17D,18D,20D,21D. The Morgan fingerprint density at radius 3 is 1.08 bits per heavy atom. The molecule has 12 N–H and O–H groups in total. The van der Waals surface area contributed by atoms with Crippen molar-refractivity contribution in [1.82, 2.24) is 74.9 Å². The summed E-state index contributed by atoms with van der Waals surface area (Å²) >= 11 is 1.24. The van der Waals surface area contributed by atoms with E-state index >= 15 is 0 Å². The Labute approximate surface area is 685 Å². The fraction of sp³-hybridized carbons (Fsp3) is 0.583. The monoisotopic (exact) mass is 1590 g/mol. The first-order valence-electron chi connectivity index (χ1n) is 51.0. The molecule has 0 bridgehead atoms. The van der Waals surface area contributed by atoms with Gasteiger partial charge in [-0.15, -0.1) is 15.3 Å². The lowest BCUT2D eigenvalue weighted by Crippen LogP contribution is -2.33. The van der Waals surface area contributed by atoms with Crippen LogP contribution in [0, 0.1) is 38.2 Å². The maximum Gasteiger partial charge on any atom is 0.191 e. The minimum absolute atomic E-state index is 0.0713. The van der Waals surface area contributed by atoms with Gasteiger partial charge in [-0.2, -0.15) is 0 Å². The zero-order valence-corrected chi connectivity index (χ0v) is 59.6. The molecule has 3 aromatic carbocycles. The van der Waals surface area contributed by atoms with Crippen molar-refractivity contribution in [2.75, 3.05) is 72.6 Å². The van der Waals surface area contributed by atoms with E-state index in [0.29, 0.717) is 40.8 Å². The van der Waals surface area contributed by atoms with Crippen molar-refractivity contribution in [3.05, 3.63) is 105 Å². The van der Waals surface area contributed by atoms with Gasteiger partial charge in [0.2, 0.25) is 0 Å². The molecular formula is C72H93F3N18O12S3. The number of thioether (sulfide) groups is 3.